The molecule has 0 spiro atoms. The van der Waals surface area contributed by atoms with Gasteiger partial charge in [-0.1, -0.05) is 30.0 Å². The van der Waals surface area contributed by atoms with Crippen LogP contribution in [-0.4, -0.2) is 40.5 Å². The van der Waals surface area contributed by atoms with Crippen molar-refractivity contribution in [2.75, 3.05) is 20.0 Å². The molecule has 0 N–H and O–H groups in total. The minimum absolute atomic E-state index is 0.00958. The lowest BCUT2D eigenvalue weighted by atomic mass is 10.1. The first kappa shape index (κ1) is 17.2. The summed E-state index contributed by atoms with van der Waals surface area (Å²) in [6.45, 7) is 4.67. The van der Waals surface area contributed by atoms with E-state index in [1.165, 1.54) is 11.8 Å². The minimum Gasteiger partial charge on any atom is -0.497 e. The van der Waals surface area contributed by atoms with Crippen molar-refractivity contribution in [3.8, 4) is 5.75 Å². The maximum absolute atomic E-state index is 12.3. The summed E-state index contributed by atoms with van der Waals surface area (Å²) in [6.07, 6.45) is 1.76. The molecule has 0 bridgehead atoms. The van der Waals surface area contributed by atoms with Crippen LogP contribution in [-0.2, 0) is 17.9 Å². The van der Waals surface area contributed by atoms with Crippen molar-refractivity contribution in [3.05, 3.63) is 48.3 Å². The van der Waals surface area contributed by atoms with Gasteiger partial charge in [-0.3, -0.25) is 4.79 Å². The van der Waals surface area contributed by atoms with Gasteiger partial charge in [0.2, 0.25) is 0 Å². The molecule has 6 nitrogen and oxygen atoms in total. The fraction of sp³-hybridized carbons (Fsp3) is 0.312. The molecular weight excluding hydrogens is 314 g/mol. The van der Waals surface area contributed by atoms with Crippen LogP contribution in [0.5, 0.6) is 5.75 Å². The van der Waals surface area contributed by atoms with E-state index in [0.717, 1.165) is 0 Å². The van der Waals surface area contributed by atoms with Gasteiger partial charge < -0.3 is 14.0 Å². The van der Waals surface area contributed by atoms with Gasteiger partial charge in [0.25, 0.3) is 0 Å². The molecule has 1 aromatic carbocycles. The number of aromatic nitrogens is 3. The third-order valence-corrected chi connectivity index (χ3v) is 4.07. The molecule has 2 rings (SSSR count). The molecule has 0 saturated carbocycles. The van der Waals surface area contributed by atoms with E-state index in [1.54, 1.807) is 38.5 Å². The molecule has 0 aliphatic carbocycles. The van der Waals surface area contributed by atoms with Crippen molar-refractivity contribution in [1.29, 1.82) is 0 Å². The molecule has 1 heterocycles. The van der Waals surface area contributed by atoms with Crippen molar-refractivity contribution in [3.63, 3.8) is 0 Å². The average molecular weight is 333 g/mol. The molecular formula is C16H19N3O3S. The zero-order valence-corrected chi connectivity index (χ0v) is 14.0. The molecule has 1 aromatic heterocycles. The third kappa shape index (κ3) is 4.43. The van der Waals surface area contributed by atoms with Gasteiger partial charge in [0, 0.05) is 19.2 Å². The Hall–Kier alpha value is -2.12. The number of thioether (sulfide) groups is 1. The number of ether oxygens (including phenoxy) is 2. The highest BCUT2D eigenvalue weighted by Crippen LogP contribution is 2.20. The Morgan fingerprint density at radius 3 is 2.91 bits per heavy atom. The fourth-order valence-corrected chi connectivity index (χ4v) is 2.85. The highest BCUT2D eigenvalue weighted by Gasteiger charge is 2.14. The zero-order chi connectivity index (χ0) is 16.7. The molecule has 0 unspecified atom stereocenters. The van der Waals surface area contributed by atoms with Gasteiger partial charge in [-0.25, -0.2) is 0 Å². The monoisotopic (exact) mass is 333 g/mol. The van der Waals surface area contributed by atoms with Crippen molar-refractivity contribution in [1.82, 2.24) is 14.8 Å². The number of hydrogen-bond acceptors (Lipinski definition) is 6. The van der Waals surface area contributed by atoms with E-state index in [2.05, 4.69) is 16.8 Å². The van der Waals surface area contributed by atoms with Gasteiger partial charge in [0.1, 0.15) is 12.4 Å². The minimum atomic E-state index is 0.00958. The maximum atomic E-state index is 12.3. The van der Waals surface area contributed by atoms with Gasteiger partial charge in [0.15, 0.2) is 16.8 Å². The molecule has 0 amide bonds. The second kappa shape index (κ2) is 8.50. The molecule has 23 heavy (non-hydrogen) atoms. The number of carbonyl (C=O) groups is 1. The highest BCUT2D eigenvalue weighted by molar-refractivity contribution is 7.99. The number of Topliss-reactive ketones (excluding diaryl/α,β-unsaturated/α-hetero) is 1. The van der Waals surface area contributed by atoms with Gasteiger partial charge >= 0.3 is 0 Å². The quantitative estimate of drug-likeness (QED) is 0.399. The lowest BCUT2D eigenvalue weighted by Crippen LogP contribution is -2.07. The van der Waals surface area contributed by atoms with Crippen LogP contribution in [0.1, 0.15) is 16.2 Å². The zero-order valence-electron chi connectivity index (χ0n) is 13.2. The summed E-state index contributed by atoms with van der Waals surface area (Å²) >= 11 is 1.35. The van der Waals surface area contributed by atoms with Crippen LogP contribution in [0.3, 0.4) is 0 Å². The van der Waals surface area contributed by atoms with Crippen LogP contribution >= 0.6 is 11.8 Å². The molecule has 0 atom stereocenters. The fourth-order valence-electron chi connectivity index (χ4n) is 1.98. The Morgan fingerprint density at radius 1 is 1.39 bits per heavy atom. The predicted octanol–water partition coefficient (Wildman–Crippen LogP) is 2.59. The van der Waals surface area contributed by atoms with Crippen molar-refractivity contribution in [2.45, 2.75) is 18.3 Å². The van der Waals surface area contributed by atoms with E-state index in [9.17, 15) is 4.79 Å². The molecule has 0 saturated heterocycles. The van der Waals surface area contributed by atoms with E-state index in [-0.39, 0.29) is 11.5 Å². The number of methoxy groups -OCH3 is 2. The molecule has 0 aliphatic rings. The smallest absolute Gasteiger partial charge is 0.192 e. The van der Waals surface area contributed by atoms with Crippen LogP contribution < -0.4 is 4.74 Å². The molecule has 0 aliphatic heterocycles. The first-order valence-corrected chi connectivity index (χ1v) is 8.00. The number of rotatable bonds is 9. The Labute approximate surface area is 139 Å². The molecule has 7 heteroatoms. The Kier molecular flexibility index (Phi) is 6.37. The van der Waals surface area contributed by atoms with Crippen LogP contribution in [0.4, 0.5) is 0 Å². The van der Waals surface area contributed by atoms with E-state index >= 15 is 0 Å². The number of benzene rings is 1. The van der Waals surface area contributed by atoms with Crippen LogP contribution in [0, 0.1) is 0 Å². The van der Waals surface area contributed by atoms with Gasteiger partial charge in [0.05, 0.1) is 12.9 Å². The number of nitrogens with zero attached hydrogens (tertiary/aromatic N) is 3. The number of carbonyl (C=O) groups excluding carboxylic acids is 1. The van der Waals surface area contributed by atoms with Gasteiger partial charge in [-0.05, 0) is 12.1 Å². The van der Waals surface area contributed by atoms with E-state index in [1.807, 2.05) is 10.6 Å². The summed E-state index contributed by atoms with van der Waals surface area (Å²) in [6, 6.07) is 7.11. The number of allylic oxidation sites excluding steroid dienone is 1. The van der Waals surface area contributed by atoms with E-state index in [4.69, 9.17) is 9.47 Å². The van der Waals surface area contributed by atoms with E-state index < -0.39 is 0 Å². The Balaban J connectivity index is 2.07. The predicted molar refractivity (Wildman–Crippen MR) is 89.0 cm³/mol. The van der Waals surface area contributed by atoms with Crippen LogP contribution in [0.25, 0.3) is 0 Å². The first-order chi connectivity index (χ1) is 11.2. The second-order valence-corrected chi connectivity index (χ2v) is 5.62. The van der Waals surface area contributed by atoms with Crippen molar-refractivity contribution >= 4 is 17.5 Å². The van der Waals surface area contributed by atoms with E-state index in [0.29, 0.717) is 35.4 Å². The Bertz CT molecular complexity index is 685. The van der Waals surface area contributed by atoms with Gasteiger partial charge in [-0.2, -0.15) is 0 Å². The summed E-state index contributed by atoms with van der Waals surface area (Å²) in [5.74, 6) is 1.66. The highest BCUT2D eigenvalue weighted by atomic mass is 32.2. The van der Waals surface area contributed by atoms with Crippen LogP contribution in [0.2, 0.25) is 0 Å². The number of ketones is 1. The number of hydrogen-bond donors (Lipinski definition) is 0. The summed E-state index contributed by atoms with van der Waals surface area (Å²) in [4.78, 5) is 12.3. The maximum Gasteiger partial charge on any atom is 0.192 e. The van der Waals surface area contributed by atoms with Crippen molar-refractivity contribution in [2.24, 2.45) is 0 Å². The standard InChI is InChI=1S/C16H19N3O3S/c1-4-8-19-15(10-21-2)17-18-16(19)23-11-14(20)12-6-5-7-13(9-12)22-3/h4-7,9H,1,8,10-11H2,2-3H3. The molecule has 0 fully saturated rings. The molecule has 0 radical (unpaired) electrons. The lowest BCUT2D eigenvalue weighted by molar-refractivity contribution is 0.102. The summed E-state index contributed by atoms with van der Waals surface area (Å²) in [7, 11) is 3.18. The second-order valence-electron chi connectivity index (χ2n) is 4.67. The molecule has 2 aromatic rings. The molecule has 122 valence electrons. The average Bonchev–Trinajstić information content (AvgIpc) is 2.95. The SMILES string of the molecule is C=CCn1c(COC)nnc1SCC(=O)c1cccc(OC)c1. The third-order valence-electron chi connectivity index (χ3n) is 3.10. The van der Waals surface area contributed by atoms with Crippen LogP contribution in [0.15, 0.2) is 42.1 Å². The summed E-state index contributed by atoms with van der Waals surface area (Å²) in [5.41, 5.74) is 0.615. The largest absolute Gasteiger partial charge is 0.497 e. The normalized spacial score (nSPS) is 10.5. The Morgan fingerprint density at radius 2 is 2.22 bits per heavy atom. The topological polar surface area (TPSA) is 66.2 Å². The first-order valence-electron chi connectivity index (χ1n) is 7.01. The lowest BCUT2D eigenvalue weighted by Gasteiger charge is -2.07. The van der Waals surface area contributed by atoms with Gasteiger partial charge in [-0.15, -0.1) is 16.8 Å². The summed E-state index contributed by atoms with van der Waals surface area (Å²) in [5, 5.41) is 8.89. The summed E-state index contributed by atoms with van der Waals surface area (Å²) < 4.78 is 12.1. The van der Waals surface area contributed by atoms with Crippen molar-refractivity contribution < 1.29 is 14.3 Å².